The van der Waals surface area contributed by atoms with E-state index in [1.807, 2.05) is 0 Å². The van der Waals surface area contributed by atoms with Crippen LogP contribution in [0.25, 0.3) is 0 Å². The number of methoxy groups -OCH3 is 3. The first kappa shape index (κ1) is 20.6. The van der Waals surface area contributed by atoms with Crippen molar-refractivity contribution in [3.8, 4) is 17.2 Å². The Morgan fingerprint density at radius 3 is 2.15 bits per heavy atom. The normalized spacial score (nSPS) is 11.0. The largest absolute Gasteiger partial charge is 0.493 e. The molecule has 0 aliphatic carbocycles. The van der Waals surface area contributed by atoms with Gasteiger partial charge in [-0.25, -0.2) is 8.42 Å². The first-order chi connectivity index (χ1) is 12.8. The summed E-state index contributed by atoms with van der Waals surface area (Å²) < 4.78 is 39.1. The van der Waals surface area contributed by atoms with Crippen molar-refractivity contribution >= 4 is 21.4 Å². The number of ether oxygens (including phenoxy) is 3. The van der Waals surface area contributed by atoms with Crippen molar-refractivity contribution in [2.45, 2.75) is 17.7 Å². The van der Waals surface area contributed by atoms with Crippen LogP contribution in [0.3, 0.4) is 0 Å². The van der Waals surface area contributed by atoms with Crippen molar-refractivity contribution in [3.63, 3.8) is 0 Å². The van der Waals surface area contributed by atoms with E-state index >= 15 is 0 Å². The first-order valence-electron chi connectivity index (χ1n) is 8.17. The third-order valence-corrected chi connectivity index (χ3v) is 5.02. The molecule has 0 bridgehead atoms. The van der Waals surface area contributed by atoms with Crippen molar-refractivity contribution in [1.82, 2.24) is 0 Å². The number of carbonyl (C=O) groups is 1. The molecule has 146 valence electrons. The molecule has 0 aliphatic rings. The highest BCUT2D eigenvalue weighted by Gasteiger charge is 2.14. The van der Waals surface area contributed by atoms with Gasteiger partial charge in [-0.15, -0.1) is 0 Å². The number of amides is 1. The minimum Gasteiger partial charge on any atom is -0.493 e. The van der Waals surface area contributed by atoms with Crippen molar-refractivity contribution < 1.29 is 27.4 Å². The van der Waals surface area contributed by atoms with Crippen LogP contribution < -0.4 is 19.5 Å². The molecule has 0 aromatic heterocycles. The maximum atomic E-state index is 12.2. The summed E-state index contributed by atoms with van der Waals surface area (Å²) in [6.45, 7) is 0. The number of rotatable bonds is 8. The lowest BCUT2D eigenvalue weighted by atomic mass is 10.1. The molecule has 1 amide bonds. The van der Waals surface area contributed by atoms with Crippen LogP contribution in [0.4, 0.5) is 5.69 Å². The number of aryl methyl sites for hydroxylation is 1. The second-order valence-electron chi connectivity index (χ2n) is 5.88. The molecule has 0 saturated carbocycles. The van der Waals surface area contributed by atoms with Gasteiger partial charge in [0.2, 0.25) is 11.7 Å². The van der Waals surface area contributed by atoms with Gasteiger partial charge in [0.1, 0.15) is 0 Å². The van der Waals surface area contributed by atoms with E-state index < -0.39 is 9.84 Å². The standard InChI is InChI=1S/C19H23NO6S/c1-24-16-10-13(11-17(25-2)19(16)26-3)8-9-18(21)20-14-6-5-7-15(12-14)27(4,22)23/h5-7,10-12H,8-9H2,1-4H3,(H,20,21). The van der Waals surface area contributed by atoms with Gasteiger partial charge in [-0.05, 0) is 42.3 Å². The highest BCUT2D eigenvalue weighted by atomic mass is 32.2. The molecule has 7 nitrogen and oxygen atoms in total. The average Bonchev–Trinajstić information content (AvgIpc) is 2.64. The summed E-state index contributed by atoms with van der Waals surface area (Å²) in [5, 5.41) is 2.71. The van der Waals surface area contributed by atoms with Crippen molar-refractivity contribution in [2.75, 3.05) is 32.9 Å². The monoisotopic (exact) mass is 393 g/mol. The van der Waals surface area contributed by atoms with E-state index in [0.717, 1.165) is 11.8 Å². The van der Waals surface area contributed by atoms with Crippen molar-refractivity contribution in [1.29, 1.82) is 0 Å². The van der Waals surface area contributed by atoms with E-state index in [2.05, 4.69) is 5.32 Å². The number of hydrogen-bond donors (Lipinski definition) is 1. The van der Waals surface area contributed by atoms with Crippen LogP contribution in [0.1, 0.15) is 12.0 Å². The van der Waals surface area contributed by atoms with Gasteiger partial charge in [0.15, 0.2) is 21.3 Å². The van der Waals surface area contributed by atoms with Gasteiger partial charge in [-0.1, -0.05) is 6.07 Å². The van der Waals surface area contributed by atoms with Gasteiger partial charge in [0, 0.05) is 18.4 Å². The molecule has 1 N–H and O–H groups in total. The summed E-state index contributed by atoms with van der Waals surface area (Å²) >= 11 is 0. The lowest BCUT2D eigenvalue weighted by molar-refractivity contribution is -0.116. The summed E-state index contributed by atoms with van der Waals surface area (Å²) in [5.74, 6) is 1.31. The smallest absolute Gasteiger partial charge is 0.224 e. The zero-order chi connectivity index (χ0) is 20.0. The number of anilines is 1. The van der Waals surface area contributed by atoms with Crippen LogP contribution in [-0.2, 0) is 21.1 Å². The van der Waals surface area contributed by atoms with E-state index in [4.69, 9.17) is 14.2 Å². The Kier molecular flexibility index (Phi) is 6.68. The molecule has 0 heterocycles. The Hall–Kier alpha value is -2.74. The fourth-order valence-electron chi connectivity index (χ4n) is 2.57. The van der Waals surface area contributed by atoms with Crippen molar-refractivity contribution in [3.05, 3.63) is 42.0 Å². The highest BCUT2D eigenvalue weighted by Crippen LogP contribution is 2.38. The average molecular weight is 393 g/mol. The van der Waals surface area contributed by atoms with E-state index in [1.165, 1.54) is 33.5 Å². The molecule has 27 heavy (non-hydrogen) atoms. The quantitative estimate of drug-likeness (QED) is 0.741. The summed E-state index contributed by atoms with van der Waals surface area (Å²) in [5.41, 5.74) is 1.29. The number of sulfone groups is 1. The molecule has 8 heteroatoms. The molecule has 0 atom stereocenters. The number of nitrogens with one attached hydrogen (secondary N) is 1. The molecule has 2 aromatic carbocycles. The Bertz CT molecular complexity index is 899. The zero-order valence-corrected chi connectivity index (χ0v) is 16.6. The number of benzene rings is 2. The Morgan fingerprint density at radius 1 is 1.00 bits per heavy atom. The third-order valence-electron chi connectivity index (χ3n) is 3.91. The van der Waals surface area contributed by atoms with Gasteiger partial charge in [0.05, 0.1) is 26.2 Å². The minimum absolute atomic E-state index is 0.157. The molecule has 2 aromatic rings. The Balaban J connectivity index is 2.08. The van der Waals surface area contributed by atoms with Crippen LogP contribution in [0, 0.1) is 0 Å². The Labute approximate surface area is 159 Å². The molecule has 0 aliphatic heterocycles. The molecule has 2 rings (SSSR count). The summed E-state index contributed by atoms with van der Waals surface area (Å²) in [4.78, 5) is 12.4. The zero-order valence-electron chi connectivity index (χ0n) is 15.7. The van der Waals surface area contributed by atoms with Crippen LogP contribution >= 0.6 is 0 Å². The second-order valence-corrected chi connectivity index (χ2v) is 7.90. The van der Waals surface area contributed by atoms with Gasteiger partial charge >= 0.3 is 0 Å². The van der Waals surface area contributed by atoms with Gasteiger partial charge in [-0.2, -0.15) is 0 Å². The summed E-state index contributed by atoms with van der Waals surface area (Å²) in [6.07, 6.45) is 1.79. The second kappa shape index (κ2) is 8.77. The Morgan fingerprint density at radius 2 is 1.63 bits per heavy atom. The highest BCUT2D eigenvalue weighted by molar-refractivity contribution is 7.90. The number of hydrogen-bond acceptors (Lipinski definition) is 6. The third kappa shape index (κ3) is 5.37. The van der Waals surface area contributed by atoms with E-state index in [-0.39, 0.29) is 17.2 Å². The van der Waals surface area contributed by atoms with Gasteiger partial charge in [0.25, 0.3) is 0 Å². The molecule has 0 saturated heterocycles. The first-order valence-corrected chi connectivity index (χ1v) is 10.1. The van der Waals surface area contributed by atoms with Crippen LogP contribution in [0.5, 0.6) is 17.2 Å². The van der Waals surface area contributed by atoms with Gasteiger partial charge < -0.3 is 19.5 Å². The van der Waals surface area contributed by atoms with Crippen LogP contribution in [0.2, 0.25) is 0 Å². The van der Waals surface area contributed by atoms with E-state index in [9.17, 15) is 13.2 Å². The number of carbonyl (C=O) groups excluding carboxylic acids is 1. The fourth-order valence-corrected chi connectivity index (χ4v) is 3.23. The van der Waals surface area contributed by atoms with Crippen LogP contribution in [-0.4, -0.2) is 41.9 Å². The van der Waals surface area contributed by atoms with E-state index in [1.54, 1.807) is 24.3 Å². The SMILES string of the molecule is COc1cc(CCC(=O)Nc2cccc(S(C)(=O)=O)c2)cc(OC)c1OC. The maximum absolute atomic E-state index is 12.2. The maximum Gasteiger partial charge on any atom is 0.224 e. The molecule has 0 spiro atoms. The minimum atomic E-state index is -3.33. The predicted molar refractivity (Wildman–Crippen MR) is 103 cm³/mol. The summed E-state index contributed by atoms with van der Waals surface area (Å²) in [6, 6.07) is 9.74. The van der Waals surface area contributed by atoms with Crippen molar-refractivity contribution in [2.24, 2.45) is 0 Å². The van der Waals surface area contributed by atoms with E-state index in [0.29, 0.717) is 29.4 Å². The molecule has 0 fully saturated rings. The molecular formula is C19H23NO6S. The topological polar surface area (TPSA) is 90.9 Å². The predicted octanol–water partition coefficient (Wildman–Crippen LogP) is 2.69. The summed E-state index contributed by atoms with van der Waals surface area (Å²) in [7, 11) is 1.26. The lowest BCUT2D eigenvalue weighted by Crippen LogP contribution is -2.13. The molecule has 0 unspecified atom stereocenters. The fraction of sp³-hybridized carbons (Fsp3) is 0.316. The molecule has 0 radical (unpaired) electrons. The molecular weight excluding hydrogens is 370 g/mol. The lowest BCUT2D eigenvalue weighted by Gasteiger charge is -2.14. The van der Waals surface area contributed by atoms with Gasteiger partial charge in [-0.3, -0.25) is 4.79 Å². The van der Waals surface area contributed by atoms with Crippen LogP contribution in [0.15, 0.2) is 41.3 Å².